The smallest absolute Gasteiger partial charge is 0.246 e. The molecule has 1 rings (SSSR count). The Kier molecular flexibility index (Phi) is 3.38. The molecule has 0 aliphatic rings. The molecule has 0 unspecified atom stereocenters. The summed E-state index contributed by atoms with van der Waals surface area (Å²) in [6.07, 6.45) is 0.877. The van der Waals surface area contributed by atoms with Crippen LogP contribution in [0.5, 0.6) is 0 Å². The molecule has 0 aliphatic carbocycles. The number of rotatable bonds is 1. The molecule has 0 spiro atoms. The summed E-state index contributed by atoms with van der Waals surface area (Å²) in [7, 11) is 0. The van der Waals surface area contributed by atoms with Crippen LogP contribution in [0.4, 0.5) is 17.6 Å². The van der Waals surface area contributed by atoms with E-state index in [4.69, 9.17) is 0 Å². The minimum Gasteiger partial charge on any atom is -0.246 e. The third-order valence-corrected chi connectivity index (χ3v) is 2.99. The second kappa shape index (κ2) is 3.99. The van der Waals surface area contributed by atoms with Crippen molar-refractivity contribution in [1.82, 2.24) is 4.98 Å². The molecule has 13 heavy (non-hydrogen) atoms. The van der Waals surface area contributed by atoms with Crippen molar-refractivity contribution in [3.63, 3.8) is 0 Å². The van der Waals surface area contributed by atoms with Gasteiger partial charge in [0.1, 0.15) is 9.52 Å². The van der Waals surface area contributed by atoms with Crippen molar-refractivity contribution < 1.29 is 17.6 Å². The largest absolute Gasteiger partial charge is 0.446 e. The van der Waals surface area contributed by atoms with Gasteiger partial charge in [-0.25, -0.2) is 9.37 Å². The molecule has 0 aromatic carbocycles. The Balaban J connectivity index is 2.94. The quantitative estimate of drug-likeness (QED) is 0.340. The zero-order valence-electron chi connectivity index (χ0n) is 5.90. The van der Waals surface area contributed by atoms with Crippen LogP contribution in [0.15, 0.2) is 17.2 Å². The molecule has 0 aliphatic heterocycles. The molecule has 1 nitrogen and oxygen atoms in total. The Morgan fingerprint density at radius 1 is 1.38 bits per heavy atom. The third-order valence-electron chi connectivity index (χ3n) is 0.999. The number of alkyl halides is 3. The van der Waals surface area contributed by atoms with Crippen LogP contribution in [0.2, 0.25) is 0 Å². The van der Waals surface area contributed by atoms with E-state index in [1.54, 1.807) is 22.6 Å². The highest BCUT2D eigenvalue weighted by Crippen LogP contribution is 2.38. The minimum atomic E-state index is -4.41. The van der Waals surface area contributed by atoms with Gasteiger partial charge in [0.2, 0.25) is 0 Å². The SMILES string of the molecule is Fc1cnc(I)c(SC(F)(F)F)c1. The van der Waals surface area contributed by atoms with E-state index in [1.165, 1.54) is 0 Å². The zero-order chi connectivity index (χ0) is 10.1. The summed E-state index contributed by atoms with van der Waals surface area (Å²) in [4.78, 5) is 3.24. The van der Waals surface area contributed by atoms with Gasteiger partial charge in [-0.2, -0.15) is 13.2 Å². The lowest BCUT2D eigenvalue weighted by Gasteiger charge is -2.06. The number of nitrogens with zero attached hydrogens (tertiary/aromatic N) is 1. The number of thioether (sulfide) groups is 1. The van der Waals surface area contributed by atoms with Crippen molar-refractivity contribution >= 4 is 34.4 Å². The maximum atomic E-state index is 12.5. The summed E-state index contributed by atoms with van der Waals surface area (Å²) in [6.45, 7) is 0. The standard InChI is InChI=1S/C6H2F4INS/c7-3-1-4(5(11)12-2-3)13-6(8,9)10/h1-2H. The van der Waals surface area contributed by atoms with Gasteiger partial charge >= 0.3 is 5.51 Å². The third kappa shape index (κ3) is 3.67. The Bertz CT molecular complexity index is 314. The second-order valence-electron chi connectivity index (χ2n) is 1.99. The molecule has 1 aromatic heterocycles. The van der Waals surface area contributed by atoms with Crippen molar-refractivity contribution in [2.75, 3.05) is 0 Å². The predicted octanol–water partition coefficient (Wildman–Crippen LogP) is 3.44. The highest BCUT2D eigenvalue weighted by Gasteiger charge is 2.30. The van der Waals surface area contributed by atoms with E-state index in [0.717, 1.165) is 12.3 Å². The molecule has 72 valence electrons. The summed E-state index contributed by atoms with van der Waals surface area (Å²) < 4.78 is 48.2. The van der Waals surface area contributed by atoms with E-state index < -0.39 is 11.3 Å². The van der Waals surface area contributed by atoms with E-state index >= 15 is 0 Å². The Morgan fingerprint density at radius 2 is 2.00 bits per heavy atom. The van der Waals surface area contributed by atoms with Crippen LogP contribution in [0.1, 0.15) is 0 Å². The summed E-state index contributed by atoms with van der Waals surface area (Å²) in [6, 6.07) is 0.812. The normalized spacial score (nSPS) is 11.8. The van der Waals surface area contributed by atoms with Gasteiger partial charge in [-0.3, -0.25) is 0 Å². The van der Waals surface area contributed by atoms with Crippen molar-refractivity contribution in [3.05, 3.63) is 21.8 Å². The van der Waals surface area contributed by atoms with Crippen molar-refractivity contribution in [3.8, 4) is 0 Å². The van der Waals surface area contributed by atoms with Crippen molar-refractivity contribution in [1.29, 1.82) is 0 Å². The zero-order valence-corrected chi connectivity index (χ0v) is 8.87. The van der Waals surface area contributed by atoms with Gasteiger partial charge in [-0.05, 0) is 40.4 Å². The molecule has 0 amide bonds. The van der Waals surface area contributed by atoms with Crippen molar-refractivity contribution in [2.24, 2.45) is 0 Å². The maximum absolute atomic E-state index is 12.5. The molecule has 0 radical (unpaired) electrons. The molecule has 0 atom stereocenters. The molecular formula is C6H2F4INS. The topological polar surface area (TPSA) is 12.9 Å². The van der Waals surface area contributed by atoms with Gasteiger partial charge in [0.15, 0.2) is 0 Å². The fourth-order valence-electron chi connectivity index (χ4n) is 0.600. The minimum absolute atomic E-state index is 0.140. The highest BCUT2D eigenvalue weighted by atomic mass is 127. The van der Waals surface area contributed by atoms with Crippen LogP contribution in [0, 0.1) is 9.52 Å². The first-order valence-corrected chi connectivity index (χ1v) is 4.85. The first kappa shape index (κ1) is 11.0. The number of hydrogen-bond acceptors (Lipinski definition) is 2. The van der Waals surface area contributed by atoms with Gasteiger partial charge in [0.25, 0.3) is 0 Å². The maximum Gasteiger partial charge on any atom is 0.446 e. The van der Waals surface area contributed by atoms with E-state index in [0.29, 0.717) is 0 Å². The lowest BCUT2D eigenvalue weighted by Crippen LogP contribution is -2.01. The van der Waals surface area contributed by atoms with Crippen LogP contribution in [-0.2, 0) is 0 Å². The van der Waals surface area contributed by atoms with Gasteiger partial charge in [0, 0.05) is 0 Å². The van der Waals surface area contributed by atoms with Crippen LogP contribution in [0.25, 0.3) is 0 Å². The van der Waals surface area contributed by atoms with Gasteiger partial charge in [-0.15, -0.1) is 0 Å². The lowest BCUT2D eigenvalue weighted by atomic mass is 10.5. The van der Waals surface area contributed by atoms with Crippen LogP contribution in [0.3, 0.4) is 0 Å². The number of aromatic nitrogens is 1. The molecule has 0 N–H and O–H groups in total. The van der Waals surface area contributed by atoms with Gasteiger partial charge in [0.05, 0.1) is 11.1 Å². The first-order chi connectivity index (χ1) is 5.88. The Labute approximate surface area is 89.1 Å². The molecular weight excluding hydrogens is 321 g/mol. The van der Waals surface area contributed by atoms with E-state index in [-0.39, 0.29) is 20.4 Å². The number of halogens is 5. The molecule has 0 bridgehead atoms. The average molecular weight is 323 g/mol. The number of pyridine rings is 1. The molecule has 1 heterocycles. The lowest BCUT2D eigenvalue weighted by molar-refractivity contribution is -0.0328. The van der Waals surface area contributed by atoms with Crippen molar-refractivity contribution in [2.45, 2.75) is 10.4 Å². The van der Waals surface area contributed by atoms with E-state index in [9.17, 15) is 17.6 Å². The fourth-order valence-corrected chi connectivity index (χ4v) is 1.78. The molecule has 0 saturated heterocycles. The van der Waals surface area contributed by atoms with Crippen LogP contribution in [-0.4, -0.2) is 10.5 Å². The summed E-state index contributed by atoms with van der Waals surface area (Å²) >= 11 is 1.25. The highest BCUT2D eigenvalue weighted by molar-refractivity contribution is 14.1. The first-order valence-electron chi connectivity index (χ1n) is 2.95. The average Bonchev–Trinajstić information content (AvgIpc) is 1.94. The summed E-state index contributed by atoms with van der Waals surface area (Å²) in [5.74, 6) is -0.771. The van der Waals surface area contributed by atoms with Gasteiger partial charge < -0.3 is 0 Å². The van der Waals surface area contributed by atoms with E-state index in [1.807, 2.05) is 0 Å². The molecule has 0 fully saturated rings. The summed E-state index contributed by atoms with van der Waals surface area (Å²) in [5, 5.41) is 0. The second-order valence-corrected chi connectivity index (χ2v) is 4.12. The Morgan fingerprint density at radius 3 is 2.54 bits per heavy atom. The molecule has 7 heteroatoms. The van der Waals surface area contributed by atoms with Crippen LogP contribution < -0.4 is 0 Å². The number of hydrogen-bond donors (Lipinski definition) is 0. The molecule has 0 saturated carbocycles. The van der Waals surface area contributed by atoms with E-state index in [2.05, 4.69) is 4.98 Å². The monoisotopic (exact) mass is 323 g/mol. The molecule has 1 aromatic rings. The van der Waals surface area contributed by atoms with Crippen LogP contribution >= 0.6 is 34.4 Å². The summed E-state index contributed by atoms with van der Waals surface area (Å²) in [5.41, 5.74) is -4.41. The fraction of sp³-hybridized carbons (Fsp3) is 0.167. The van der Waals surface area contributed by atoms with Gasteiger partial charge in [-0.1, -0.05) is 0 Å². The predicted molar refractivity (Wildman–Crippen MR) is 48.8 cm³/mol. The Hall–Kier alpha value is -0.0500.